The van der Waals surface area contributed by atoms with Gasteiger partial charge in [-0.2, -0.15) is 0 Å². The van der Waals surface area contributed by atoms with Gasteiger partial charge in [-0.25, -0.2) is 0 Å². The van der Waals surface area contributed by atoms with Gasteiger partial charge in [0.05, 0.1) is 19.3 Å². The van der Waals surface area contributed by atoms with Crippen LogP contribution in [0.3, 0.4) is 0 Å². The van der Waals surface area contributed by atoms with Gasteiger partial charge in [0.25, 0.3) is 0 Å². The lowest BCUT2D eigenvalue weighted by Crippen LogP contribution is -2.00. The summed E-state index contributed by atoms with van der Waals surface area (Å²) in [5.74, 6) is -0.535. The largest absolute Gasteiger partial charge is 0.466 e. The molecular weight excluding hydrogens is 220 g/mol. The molecule has 0 aromatic rings. The van der Waals surface area contributed by atoms with Gasteiger partial charge in [0.2, 0.25) is 0 Å². The molecule has 0 aliphatic rings. The monoisotopic (exact) mass is 236 g/mol. The Kier molecular flexibility index (Phi) is 19.6. The predicted molar refractivity (Wildman–Crippen MR) is 60.7 cm³/mol. The van der Waals surface area contributed by atoms with Gasteiger partial charge >= 0.3 is 11.9 Å². The quantitative estimate of drug-likeness (QED) is 0.427. The molecule has 4 nitrogen and oxygen atoms in total. The molecule has 0 aliphatic heterocycles. The summed E-state index contributed by atoms with van der Waals surface area (Å²) in [4.78, 5) is 20.1. The summed E-state index contributed by atoms with van der Waals surface area (Å²) < 4.78 is 8.74. The lowest BCUT2D eigenvalue weighted by molar-refractivity contribution is -0.142. The minimum absolute atomic E-state index is 0. The van der Waals surface area contributed by atoms with Crippen LogP contribution in [0.2, 0.25) is 0 Å². The molecule has 0 heterocycles. The fraction of sp³-hybridized carbons (Fsp3) is 0.400. The first-order valence-corrected chi connectivity index (χ1v) is 4.13. The molecule has 0 saturated carbocycles. The number of hydrogen-bond donors (Lipinski definition) is 0. The number of rotatable bonds is 4. The Labute approximate surface area is 96.4 Å². The third kappa shape index (κ3) is 24.5. The van der Waals surface area contributed by atoms with Crippen LogP contribution in [-0.4, -0.2) is 18.5 Å². The second kappa shape index (κ2) is 15.2. The molecule has 0 aromatic carbocycles. The fourth-order valence-electron chi connectivity index (χ4n) is 0.455. The van der Waals surface area contributed by atoms with Gasteiger partial charge in [0.1, 0.15) is 0 Å². The van der Waals surface area contributed by atoms with Crippen molar-refractivity contribution < 1.29 is 19.1 Å². The lowest BCUT2D eigenvalue weighted by atomic mass is 10.4. The van der Waals surface area contributed by atoms with Gasteiger partial charge in [-0.05, 0) is 6.92 Å². The summed E-state index contributed by atoms with van der Waals surface area (Å²) in [5, 5.41) is 0. The maximum Gasteiger partial charge on any atom is 0.309 e. The Morgan fingerprint density at radius 2 is 1.87 bits per heavy atom. The summed E-state index contributed by atoms with van der Waals surface area (Å²) >= 11 is 0. The van der Waals surface area contributed by atoms with Crippen LogP contribution in [0.15, 0.2) is 25.5 Å². The highest BCUT2D eigenvalue weighted by Crippen LogP contribution is 1.84. The summed E-state index contributed by atoms with van der Waals surface area (Å²) in [5.41, 5.74) is 0. The smallest absolute Gasteiger partial charge is 0.309 e. The van der Waals surface area contributed by atoms with E-state index in [9.17, 15) is 9.59 Å². The Morgan fingerprint density at radius 3 is 2.07 bits per heavy atom. The van der Waals surface area contributed by atoms with Crippen molar-refractivity contribution in [1.82, 2.24) is 0 Å². The van der Waals surface area contributed by atoms with E-state index in [4.69, 9.17) is 0 Å². The van der Waals surface area contributed by atoms with Crippen molar-refractivity contribution in [2.75, 3.05) is 6.61 Å². The molecule has 0 bridgehead atoms. The molecule has 0 N–H and O–H groups in total. The number of carbonyl (C=O) groups excluding carboxylic acids is 2. The summed E-state index contributed by atoms with van der Waals surface area (Å²) in [7, 11) is 0. The Hall–Kier alpha value is -1.29. The molecule has 0 aromatic heterocycles. The minimum atomic E-state index is -0.329. The Balaban J connectivity index is -0.000000187. The van der Waals surface area contributed by atoms with E-state index in [-0.39, 0.29) is 24.3 Å². The van der Waals surface area contributed by atoms with Crippen molar-refractivity contribution in [3.63, 3.8) is 0 Å². The van der Waals surface area contributed by atoms with E-state index in [1.807, 2.05) is 0 Å². The first kappa shape index (κ1) is 19.3. The number of esters is 2. The van der Waals surface area contributed by atoms with Crippen LogP contribution in [0.25, 0.3) is 0 Å². The normalized spacial score (nSPS) is 7.07. The zero-order valence-corrected chi connectivity index (χ0v) is 9.84. The molecule has 88 valence electrons. The zero-order chi connectivity index (χ0) is 11.4. The van der Waals surface area contributed by atoms with E-state index in [0.29, 0.717) is 13.0 Å². The molecule has 0 unspecified atom stereocenters. The zero-order valence-electron chi connectivity index (χ0n) is 9.02. The van der Waals surface area contributed by atoms with E-state index in [2.05, 4.69) is 22.6 Å². The fourth-order valence-corrected chi connectivity index (χ4v) is 0.455. The molecule has 0 spiro atoms. The van der Waals surface area contributed by atoms with Crippen molar-refractivity contribution in [1.29, 1.82) is 0 Å². The van der Waals surface area contributed by atoms with Gasteiger partial charge in [0.15, 0.2) is 0 Å². The van der Waals surface area contributed by atoms with Crippen molar-refractivity contribution in [2.24, 2.45) is 0 Å². The van der Waals surface area contributed by atoms with E-state index in [1.165, 1.54) is 13.0 Å². The second-order valence-corrected chi connectivity index (χ2v) is 2.07. The molecule has 15 heavy (non-hydrogen) atoms. The number of halogens is 1. The molecule has 0 aliphatic carbocycles. The molecule has 0 radical (unpaired) electrons. The maximum atomic E-state index is 10.3. The minimum Gasteiger partial charge on any atom is -0.466 e. The molecular formula is C10H17ClO4. The summed E-state index contributed by atoms with van der Waals surface area (Å²) in [6.45, 7) is 10.1. The second-order valence-electron chi connectivity index (χ2n) is 2.07. The highest BCUT2D eigenvalue weighted by atomic mass is 35.5. The van der Waals surface area contributed by atoms with Crippen LogP contribution in [0.1, 0.15) is 20.3 Å². The standard InChI is InChI=1S/C6H10O2.C4H6O2.ClH/c1-3-5-6(7)8-4-2;1-3-6-4(2)5;/h3H,1,4-5H2,2H3;3H,1H2,2H3;1H. The van der Waals surface area contributed by atoms with Crippen LogP contribution in [0.4, 0.5) is 0 Å². The average Bonchev–Trinajstić information content (AvgIpc) is 2.05. The highest BCUT2D eigenvalue weighted by molar-refractivity contribution is 5.85. The Morgan fingerprint density at radius 1 is 1.33 bits per heavy atom. The van der Waals surface area contributed by atoms with Gasteiger partial charge in [-0.3, -0.25) is 9.59 Å². The number of ether oxygens (including phenoxy) is 2. The van der Waals surface area contributed by atoms with Gasteiger partial charge in [-0.15, -0.1) is 19.0 Å². The SMILES string of the molecule is C=CCC(=O)OCC.C=COC(C)=O.Cl. The van der Waals surface area contributed by atoms with Crippen molar-refractivity contribution in [3.05, 3.63) is 25.5 Å². The van der Waals surface area contributed by atoms with Crippen LogP contribution < -0.4 is 0 Å². The molecule has 0 rings (SSSR count). The predicted octanol–water partition coefficient (Wildman–Crippen LogP) is 2.24. The number of hydrogen-bond acceptors (Lipinski definition) is 4. The molecule has 0 atom stereocenters. The van der Waals surface area contributed by atoms with E-state index < -0.39 is 0 Å². The van der Waals surface area contributed by atoms with Crippen LogP contribution >= 0.6 is 12.4 Å². The first-order valence-electron chi connectivity index (χ1n) is 4.13. The van der Waals surface area contributed by atoms with Crippen molar-refractivity contribution >= 4 is 24.3 Å². The number of carbonyl (C=O) groups is 2. The van der Waals surface area contributed by atoms with Gasteiger partial charge < -0.3 is 9.47 Å². The van der Waals surface area contributed by atoms with Gasteiger partial charge in [0, 0.05) is 6.92 Å². The van der Waals surface area contributed by atoms with Crippen LogP contribution in [0.5, 0.6) is 0 Å². The molecule has 0 fully saturated rings. The van der Waals surface area contributed by atoms with E-state index in [0.717, 1.165) is 6.26 Å². The Bertz CT molecular complexity index is 202. The summed E-state index contributed by atoms with van der Waals surface area (Å²) in [6.07, 6.45) is 2.94. The average molecular weight is 237 g/mol. The third-order valence-electron chi connectivity index (χ3n) is 0.866. The molecule has 0 amide bonds. The first-order chi connectivity index (χ1) is 6.58. The third-order valence-corrected chi connectivity index (χ3v) is 0.866. The van der Waals surface area contributed by atoms with Crippen molar-refractivity contribution in [3.8, 4) is 0 Å². The topological polar surface area (TPSA) is 52.6 Å². The maximum absolute atomic E-state index is 10.3. The van der Waals surface area contributed by atoms with Crippen LogP contribution in [-0.2, 0) is 19.1 Å². The van der Waals surface area contributed by atoms with Gasteiger partial charge in [-0.1, -0.05) is 12.7 Å². The van der Waals surface area contributed by atoms with E-state index >= 15 is 0 Å². The van der Waals surface area contributed by atoms with Crippen LogP contribution in [0, 0.1) is 0 Å². The lowest BCUT2D eigenvalue weighted by Gasteiger charge is -1.94. The van der Waals surface area contributed by atoms with Crippen molar-refractivity contribution in [2.45, 2.75) is 20.3 Å². The van der Waals surface area contributed by atoms with E-state index in [1.54, 1.807) is 6.92 Å². The summed E-state index contributed by atoms with van der Waals surface area (Å²) in [6, 6.07) is 0. The molecule has 5 heteroatoms. The highest BCUT2D eigenvalue weighted by Gasteiger charge is 1.93. The molecule has 0 saturated heterocycles.